The van der Waals surface area contributed by atoms with Gasteiger partial charge in [0.05, 0.1) is 0 Å². The van der Waals surface area contributed by atoms with Crippen molar-refractivity contribution >= 4 is 0 Å². The molecule has 0 aromatic heterocycles. The van der Waals surface area contributed by atoms with Crippen LogP contribution in [0.5, 0.6) is 0 Å². The number of likely N-dealkylation sites (tertiary alicyclic amines) is 1. The molecule has 1 saturated carbocycles. The van der Waals surface area contributed by atoms with Crippen molar-refractivity contribution in [3.63, 3.8) is 0 Å². The zero-order chi connectivity index (χ0) is 13.8. The van der Waals surface area contributed by atoms with Gasteiger partial charge in [0.15, 0.2) is 0 Å². The Morgan fingerprint density at radius 3 is 2.75 bits per heavy atom. The molecule has 2 fully saturated rings. The van der Waals surface area contributed by atoms with Crippen LogP contribution in [0.25, 0.3) is 0 Å². The van der Waals surface area contributed by atoms with E-state index in [4.69, 9.17) is 5.73 Å². The molecule has 1 aliphatic carbocycles. The van der Waals surface area contributed by atoms with Crippen molar-refractivity contribution in [3.8, 4) is 0 Å². The van der Waals surface area contributed by atoms with E-state index in [1.165, 1.54) is 31.2 Å². The zero-order valence-corrected chi connectivity index (χ0v) is 12.4. The molecule has 3 rings (SSSR count). The van der Waals surface area contributed by atoms with Crippen molar-refractivity contribution < 1.29 is 0 Å². The van der Waals surface area contributed by atoms with Crippen LogP contribution in [0.4, 0.5) is 0 Å². The fourth-order valence-corrected chi connectivity index (χ4v) is 3.27. The molecule has 1 aromatic carbocycles. The second-order valence-corrected chi connectivity index (χ2v) is 6.59. The van der Waals surface area contributed by atoms with E-state index < -0.39 is 0 Å². The molecule has 20 heavy (non-hydrogen) atoms. The molecule has 1 saturated heterocycles. The van der Waals surface area contributed by atoms with Crippen LogP contribution in [-0.2, 0) is 6.54 Å². The predicted molar refractivity (Wildman–Crippen MR) is 83.5 cm³/mol. The number of rotatable bonds is 7. The summed E-state index contributed by atoms with van der Waals surface area (Å²) in [6.07, 6.45) is 5.40. The molecule has 0 bridgehead atoms. The summed E-state index contributed by atoms with van der Waals surface area (Å²) < 4.78 is 0. The van der Waals surface area contributed by atoms with Crippen LogP contribution in [0.2, 0.25) is 0 Å². The summed E-state index contributed by atoms with van der Waals surface area (Å²) in [5.41, 5.74) is 7.63. The minimum Gasteiger partial charge on any atom is -0.329 e. The van der Waals surface area contributed by atoms with Crippen molar-refractivity contribution in [3.05, 3.63) is 35.9 Å². The molecule has 3 heteroatoms. The van der Waals surface area contributed by atoms with Crippen LogP contribution in [0.15, 0.2) is 30.3 Å². The van der Waals surface area contributed by atoms with E-state index in [-0.39, 0.29) is 5.54 Å². The molecule has 0 radical (unpaired) electrons. The fourth-order valence-electron chi connectivity index (χ4n) is 3.27. The van der Waals surface area contributed by atoms with Crippen LogP contribution in [0, 0.1) is 5.92 Å². The standard InChI is InChI=1S/C17H27N3/c18-13-17(19-10-8-15-6-7-15)9-11-20(14-17)12-16-4-2-1-3-5-16/h1-5,15,19H,6-14,18H2. The highest BCUT2D eigenvalue weighted by molar-refractivity contribution is 5.15. The SMILES string of the molecule is NCC1(NCCC2CC2)CCN(Cc2ccccc2)C1. The second-order valence-electron chi connectivity index (χ2n) is 6.59. The molecule has 1 aromatic rings. The van der Waals surface area contributed by atoms with Crippen LogP contribution in [0.1, 0.15) is 31.2 Å². The molecule has 110 valence electrons. The number of hydrogen-bond acceptors (Lipinski definition) is 3. The Balaban J connectivity index is 1.50. The van der Waals surface area contributed by atoms with Gasteiger partial charge in [0.1, 0.15) is 0 Å². The Morgan fingerprint density at radius 1 is 1.25 bits per heavy atom. The molecule has 0 amide bonds. The molecular formula is C17H27N3. The Labute approximate surface area is 122 Å². The van der Waals surface area contributed by atoms with Gasteiger partial charge >= 0.3 is 0 Å². The first-order valence-electron chi connectivity index (χ1n) is 8.01. The highest BCUT2D eigenvalue weighted by atomic mass is 15.2. The third-order valence-corrected chi connectivity index (χ3v) is 4.82. The van der Waals surface area contributed by atoms with Gasteiger partial charge in [0.25, 0.3) is 0 Å². The lowest BCUT2D eigenvalue weighted by Gasteiger charge is -2.29. The normalized spacial score (nSPS) is 27.1. The lowest BCUT2D eigenvalue weighted by molar-refractivity contribution is 0.276. The number of hydrogen-bond donors (Lipinski definition) is 2. The van der Waals surface area contributed by atoms with Gasteiger partial charge in [0, 0.05) is 31.7 Å². The molecule has 1 unspecified atom stereocenters. The minimum atomic E-state index is 0.156. The molecule has 3 nitrogen and oxygen atoms in total. The summed E-state index contributed by atoms with van der Waals surface area (Å²) in [6.45, 7) is 5.18. The van der Waals surface area contributed by atoms with Crippen molar-refractivity contribution in [2.24, 2.45) is 11.7 Å². The molecule has 1 aliphatic heterocycles. The Morgan fingerprint density at radius 2 is 2.05 bits per heavy atom. The second kappa shape index (κ2) is 6.25. The van der Waals surface area contributed by atoms with Crippen LogP contribution in [-0.4, -0.2) is 36.6 Å². The highest BCUT2D eigenvalue weighted by Crippen LogP contribution is 2.32. The molecule has 1 heterocycles. The summed E-state index contributed by atoms with van der Waals surface area (Å²) >= 11 is 0. The van der Waals surface area contributed by atoms with Crippen LogP contribution >= 0.6 is 0 Å². The van der Waals surface area contributed by atoms with E-state index in [0.29, 0.717) is 0 Å². The fraction of sp³-hybridized carbons (Fsp3) is 0.647. The predicted octanol–water partition coefficient (Wildman–Crippen LogP) is 1.98. The van der Waals surface area contributed by atoms with E-state index in [1.807, 2.05) is 0 Å². The summed E-state index contributed by atoms with van der Waals surface area (Å²) in [5.74, 6) is 0.999. The molecule has 1 atom stereocenters. The topological polar surface area (TPSA) is 41.3 Å². The Kier molecular flexibility index (Phi) is 4.39. The summed E-state index contributed by atoms with van der Waals surface area (Å²) in [6, 6.07) is 10.7. The highest BCUT2D eigenvalue weighted by Gasteiger charge is 2.36. The summed E-state index contributed by atoms with van der Waals surface area (Å²) in [4.78, 5) is 2.53. The average Bonchev–Trinajstić information content (AvgIpc) is 3.21. The first kappa shape index (κ1) is 14.1. The zero-order valence-electron chi connectivity index (χ0n) is 12.4. The van der Waals surface area contributed by atoms with Gasteiger partial charge < -0.3 is 11.1 Å². The van der Waals surface area contributed by atoms with Crippen LogP contribution < -0.4 is 11.1 Å². The lowest BCUT2D eigenvalue weighted by atomic mass is 9.98. The minimum absolute atomic E-state index is 0.156. The van der Waals surface area contributed by atoms with E-state index in [1.54, 1.807) is 0 Å². The van der Waals surface area contributed by atoms with E-state index in [0.717, 1.165) is 38.6 Å². The van der Waals surface area contributed by atoms with Crippen molar-refractivity contribution in [2.45, 2.75) is 37.8 Å². The molecule has 0 spiro atoms. The van der Waals surface area contributed by atoms with E-state index >= 15 is 0 Å². The van der Waals surface area contributed by atoms with E-state index in [9.17, 15) is 0 Å². The Bertz CT molecular complexity index is 416. The molecule has 2 aliphatic rings. The Hall–Kier alpha value is -0.900. The van der Waals surface area contributed by atoms with Gasteiger partial charge in [-0.3, -0.25) is 4.90 Å². The summed E-state index contributed by atoms with van der Waals surface area (Å²) in [7, 11) is 0. The van der Waals surface area contributed by atoms with Crippen LogP contribution in [0.3, 0.4) is 0 Å². The third kappa shape index (κ3) is 3.60. The van der Waals surface area contributed by atoms with Gasteiger partial charge in [-0.25, -0.2) is 0 Å². The summed E-state index contributed by atoms with van der Waals surface area (Å²) in [5, 5.41) is 3.77. The van der Waals surface area contributed by atoms with Gasteiger partial charge in [-0.05, 0) is 30.9 Å². The maximum absolute atomic E-state index is 6.07. The van der Waals surface area contributed by atoms with Gasteiger partial charge in [-0.15, -0.1) is 0 Å². The first-order valence-corrected chi connectivity index (χ1v) is 8.01. The maximum atomic E-state index is 6.07. The van der Waals surface area contributed by atoms with Gasteiger partial charge in [-0.2, -0.15) is 0 Å². The lowest BCUT2D eigenvalue weighted by Crippen LogP contribution is -2.53. The monoisotopic (exact) mass is 273 g/mol. The smallest absolute Gasteiger partial charge is 0.0444 e. The van der Waals surface area contributed by atoms with E-state index in [2.05, 4.69) is 40.5 Å². The average molecular weight is 273 g/mol. The third-order valence-electron chi connectivity index (χ3n) is 4.82. The van der Waals surface area contributed by atoms with Crippen molar-refractivity contribution in [2.75, 3.05) is 26.2 Å². The van der Waals surface area contributed by atoms with Crippen molar-refractivity contribution in [1.82, 2.24) is 10.2 Å². The first-order chi connectivity index (χ1) is 9.80. The maximum Gasteiger partial charge on any atom is 0.0444 e. The number of nitrogens with one attached hydrogen (secondary N) is 1. The number of benzene rings is 1. The molecule has 3 N–H and O–H groups in total. The van der Waals surface area contributed by atoms with Crippen molar-refractivity contribution in [1.29, 1.82) is 0 Å². The van der Waals surface area contributed by atoms with Gasteiger partial charge in [0.2, 0.25) is 0 Å². The quantitative estimate of drug-likeness (QED) is 0.798. The number of nitrogens with zero attached hydrogens (tertiary/aromatic N) is 1. The van der Waals surface area contributed by atoms with Gasteiger partial charge in [-0.1, -0.05) is 43.2 Å². The largest absolute Gasteiger partial charge is 0.329 e. The molecular weight excluding hydrogens is 246 g/mol. The number of nitrogens with two attached hydrogens (primary N) is 1.